The third-order valence-corrected chi connectivity index (χ3v) is 4.05. The molecule has 0 aliphatic carbocycles. The zero-order valence-corrected chi connectivity index (χ0v) is 12.8. The average Bonchev–Trinajstić information content (AvgIpc) is 2.45. The van der Waals surface area contributed by atoms with Gasteiger partial charge in [0.1, 0.15) is 18.1 Å². The second-order valence-corrected chi connectivity index (χ2v) is 5.60. The molecule has 1 aliphatic rings. The lowest BCUT2D eigenvalue weighted by Crippen LogP contribution is -2.40. The number of likely N-dealkylation sites (N-methyl/N-ethyl adjacent to an activating group) is 1. The number of hydrogen-bond acceptors (Lipinski definition) is 4. The number of piperidine rings is 1. The summed E-state index contributed by atoms with van der Waals surface area (Å²) in [4.78, 5) is 2.38. The second-order valence-electron chi connectivity index (χ2n) is 5.60. The highest BCUT2D eigenvalue weighted by atomic mass is 16.5. The van der Waals surface area contributed by atoms with Gasteiger partial charge in [-0.3, -0.25) is 0 Å². The molecule has 0 bridgehead atoms. The van der Waals surface area contributed by atoms with Gasteiger partial charge in [-0.15, -0.1) is 0 Å². The van der Waals surface area contributed by atoms with E-state index in [9.17, 15) is 0 Å². The molecular formula is C16H26N2O2. The number of methoxy groups -OCH3 is 1. The summed E-state index contributed by atoms with van der Waals surface area (Å²) in [7, 11) is 3.84. The maximum absolute atomic E-state index is 6.06. The number of ether oxygens (including phenoxy) is 2. The summed E-state index contributed by atoms with van der Waals surface area (Å²) in [5.41, 5.74) is 7.01. The van der Waals surface area contributed by atoms with Crippen molar-refractivity contribution in [2.75, 3.05) is 27.3 Å². The standard InChI is InChI=1S/C16H26N2O2/c1-12(17)16-14(19-3)8-6-9-15(16)20-11-13-7-4-5-10-18(13)2/h6,8-9,12-13H,4-5,7,10-11,17H2,1-3H3/t12-,13?/m1/s1. The minimum Gasteiger partial charge on any atom is -0.496 e. The third kappa shape index (κ3) is 3.44. The van der Waals surface area contributed by atoms with E-state index in [0.29, 0.717) is 12.6 Å². The van der Waals surface area contributed by atoms with Crippen molar-refractivity contribution >= 4 is 0 Å². The summed E-state index contributed by atoms with van der Waals surface area (Å²) in [6, 6.07) is 6.24. The molecule has 1 unspecified atom stereocenters. The van der Waals surface area contributed by atoms with E-state index in [1.807, 2.05) is 25.1 Å². The minimum absolute atomic E-state index is 0.106. The molecule has 20 heavy (non-hydrogen) atoms. The zero-order chi connectivity index (χ0) is 14.5. The van der Waals surface area contributed by atoms with Gasteiger partial charge in [-0.05, 0) is 45.5 Å². The van der Waals surface area contributed by atoms with Crippen LogP contribution in [0.3, 0.4) is 0 Å². The number of nitrogens with two attached hydrogens (primary N) is 1. The lowest BCUT2D eigenvalue weighted by atomic mass is 10.0. The van der Waals surface area contributed by atoms with E-state index >= 15 is 0 Å². The van der Waals surface area contributed by atoms with E-state index in [0.717, 1.165) is 23.6 Å². The first kappa shape index (κ1) is 15.1. The van der Waals surface area contributed by atoms with E-state index in [4.69, 9.17) is 15.2 Å². The second kappa shape index (κ2) is 6.95. The Hall–Kier alpha value is -1.26. The van der Waals surface area contributed by atoms with E-state index in [1.165, 1.54) is 19.3 Å². The zero-order valence-electron chi connectivity index (χ0n) is 12.8. The first-order chi connectivity index (χ1) is 9.63. The van der Waals surface area contributed by atoms with Crippen molar-refractivity contribution < 1.29 is 9.47 Å². The predicted octanol–water partition coefficient (Wildman–Crippen LogP) is 2.58. The summed E-state index contributed by atoms with van der Waals surface area (Å²) in [5.74, 6) is 1.65. The lowest BCUT2D eigenvalue weighted by Gasteiger charge is -2.32. The fourth-order valence-corrected chi connectivity index (χ4v) is 2.82. The van der Waals surface area contributed by atoms with Crippen LogP contribution in [0.2, 0.25) is 0 Å². The van der Waals surface area contributed by atoms with Crippen LogP contribution in [0.1, 0.15) is 37.8 Å². The van der Waals surface area contributed by atoms with Gasteiger partial charge in [-0.25, -0.2) is 0 Å². The van der Waals surface area contributed by atoms with Gasteiger partial charge >= 0.3 is 0 Å². The quantitative estimate of drug-likeness (QED) is 0.899. The van der Waals surface area contributed by atoms with E-state index in [2.05, 4.69) is 11.9 Å². The fraction of sp³-hybridized carbons (Fsp3) is 0.625. The summed E-state index contributed by atoms with van der Waals surface area (Å²) < 4.78 is 11.4. The Morgan fingerprint density at radius 3 is 2.75 bits per heavy atom. The van der Waals surface area contributed by atoms with Crippen LogP contribution in [0.4, 0.5) is 0 Å². The predicted molar refractivity (Wildman–Crippen MR) is 81.4 cm³/mol. The van der Waals surface area contributed by atoms with Crippen LogP contribution in [-0.2, 0) is 0 Å². The van der Waals surface area contributed by atoms with E-state index in [1.54, 1.807) is 7.11 Å². The van der Waals surface area contributed by atoms with Gasteiger partial charge in [-0.1, -0.05) is 12.5 Å². The number of likely N-dealkylation sites (tertiary alicyclic amines) is 1. The normalized spacial score (nSPS) is 21.5. The van der Waals surface area contributed by atoms with Gasteiger partial charge in [0.2, 0.25) is 0 Å². The molecule has 1 saturated heterocycles. The Kier molecular flexibility index (Phi) is 5.26. The van der Waals surface area contributed by atoms with Crippen molar-refractivity contribution in [1.29, 1.82) is 0 Å². The molecule has 1 aromatic rings. The fourth-order valence-electron chi connectivity index (χ4n) is 2.82. The first-order valence-corrected chi connectivity index (χ1v) is 7.39. The van der Waals surface area contributed by atoms with Crippen LogP contribution in [0.15, 0.2) is 18.2 Å². The molecule has 112 valence electrons. The van der Waals surface area contributed by atoms with Gasteiger partial charge in [-0.2, -0.15) is 0 Å². The molecule has 0 aromatic heterocycles. The summed E-state index contributed by atoms with van der Waals surface area (Å²) in [5, 5.41) is 0. The van der Waals surface area contributed by atoms with Crippen LogP contribution in [0, 0.1) is 0 Å². The Bertz CT molecular complexity index is 434. The van der Waals surface area contributed by atoms with Crippen molar-refractivity contribution in [2.45, 2.75) is 38.3 Å². The summed E-state index contributed by atoms with van der Waals surface area (Å²) in [6.07, 6.45) is 3.78. The van der Waals surface area contributed by atoms with Crippen molar-refractivity contribution in [2.24, 2.45) is 5.73 Å². The Labute approximate surface area is 121 Å². The van der Waals surface area contributed by atoms with Gasteiger partial charge < -0.3 is 20.1 Å². The molecule has 1 aliphatic heterocycles. The molecule has 0 amide bonds. The van der Waals surface area contributed by atoms with Crippen molar-refractivity contribution in [1.82, 2.24) is 4.90 Å². The molecule has 2 rings (SSSR count). The largest absolute Gasteiger partial charge is 0.496 e. The molecule has 0 spiro atoms. The SMILES string of the molecule is COc1cccc(OCC2CCCCN2C)c1[C@@H](C)N. The van der Waals surface area contributed by atoms with Crippen molar-refractivity contribution in [3.05, 3.63) is 23.8 Å². The highest BCUT2D eigenvalue weighted by Crippen LogP contribution is 2.33. The Balaban J connectivity index is 2.08. The number of rotatable bonds is 5. The minimum atomic E-state index is -0.106. The molecule has 2 atom stereocenters. The molecular weight excluding hydrogens is 252 g/mol. The van der Waals surface area contributed by atoms with Crippen LogP contribution < -0.4 is 15.2 Å². The molecule has 0 radical (unpaired) electrons. The van der Waals surface area contributed by atoms with Crippen LogP contribution >= 0.6 is 0 Å². The van der Waals surface area contributed by atoms with E-state index < -0.39 is 0 Å². The highest BCUT2D eigenvalue weighted by Gasteiger charge is 2.21. The van der Waals surface area contributed by atoms with Gasteiger partial charge in [0.15, 0.2) is 0 Å². The van der Waals surface area contributed by atoms with Crippen LogP contribution in [0.5, 0.6) is 11.5 Å². The maximum atomic E-state index is 6.06. The molecule has 2 N–H and O–H groups in total. The monoisotopic (exact) mass is 278 g/mol. The summed E-state index contributed by atoms with van der Waals surface area (Å²) in [6.45, 7) is 3.83. The lowest BCUT2D eigenvalue weighted by molar-refractivity contribution is 0.124. The van der Waals surface area contributed by atoms with E-state index in [-0.39, 0.29) is 6.04 Å². The molecule has 1 aromatic carbocycles. The number of hydrogen-bond donors (Lipinski definition) is 1. The van der Waals surface area contributed by atoms with Crippen LogP contribution in [-0.4, -0.2) is 38.3 Å². The molecule has 1 heterocycles. The third-order valence-electron chi connectivity index (χ3n) is 4.05. The smallest absolute Gasteiger partial charge is 0.127 e. The molecule has 4 nitrogen and oxygen atoms in total. The topological polar surface area (TPSA) is 47.7 Å². The highest BCUT2D eigenvalue weighted by molar-refractivity contribution is 5.46. The average molecular weight is 278 g/mol. The molecule has 1 fully saturated rings. The van der Waals surface area contributed by atoms with Crippen molar-refractivity contribution in [3.8, 4) is 11.5 Å². The van der Waals surface area contributed by atoms with Gasteiger partial charge in [0.05, 0.1) is 12.7 Å². The Morgan fingerprint density at radius 2 is 2.10 bits per heavy atom. The number of benzene rings is 1. The van der Waals surface area contributed by atoms with Gasteiger partial charge in [0.25, 0.3) is 0 Å². The Morgan fingerprint density at radius 1 is 1.35 bits per heavy atom. The van der Waals surface area contributed by atoms with Crippen molar-refractivity contribution in [3.63, 3.8) is 0 Å². The van der Waals surface area contributed by atoms with Gasteiger partial charge in [0, 0.05) is 12.1 Å². The number of nitrogens with zero attached hydrogens (tertiary/aromatic N) is 1. The van der Waals surface area contributed by atoms with Crippen LogP contribution in [0.25, 0.3) is 0 Å². The maximum Gasteiger partial charge on any atom is 0.127 e. The molecule has 4 heteroatoms. The summed E-state index contributed by atoms with van der Waals surface area (Å²) >= 11 is 0. The molecule has 0 saturated carbocycles. The first-order valence-electron chi connectivity index (χ1n) is 7.39.